The van der Waals surface area contributed by atoms with Gasteiger partial charge in [-0.15, -0.1) is 12.4 Å². The van der Waals surface area contributed by atoms with Gasteiger partial charge in [0.1, 0.15) is 0 Å². The zero-order chi connectivity index (χ0) is 17.5. The summed E-state index contributed by atoms with van der Waals surface area (Å²) in [6.07, 6.45) is -2.84. The summed E-state index contributed by atoms with van der Waals surface area (Å²) in [5.41, 5.74) is -1.84. The van der Waals surface area contributed by atoms with E-state index in [0.29, 0.717) is 17.8 Å². The van der Waals surface area contributed by atoms with E-state index >= 15 is 0 Å². The van der Waals surface area contributed by atoms with E-state index in [0.717, 1.165) is 12.4 Å². The minimum absolute atomic E-state index is 0. The van der Waals surface area contributed by atoms with Crippen LogP contribution in [0.5, 0.6) is 0 Å². The number of nitrogens with one attached hydrogen (secondary N) is 2. The van der Waals surface area contributed by atoms with E-state index < -0.39 is 23.3 Å². The molecule has 1 amide bonds. The monoisotopic (exact) mass is 415 g/mol. The van der Waals surface area contributed by atoms with Crippen LogP contribution >= 0.6 is 35.6 Å². The average Bonchev–Trinajstić information content (AvgIpc) is 2.87. The van der Waals surface area contributed by atoms with Gasteiger partial charge in [0.2, 0.25) is 0 Å². The first kappa shape index (κ1) is 19.8. The molecule has 2 aromatic rings. The van der Waals surface area contributed by atoms with Gasteiger partial charge in [0, 0.05) is 19.3 Å². The molecular weight excluding hydrogens is 406 g/mol. The van der Waals surface area contributed by atoms with Crippen LogP contribution in [0.3, 0.4) is 0 Å². The molecule has 0 saturated carbocycles. The van der Waals surface area contributed by atoms with Crippen LogP contribution in [0.1, 0.15) is 16.1 Å². The van der Waals surface area contributed by atoms with Gasteiger partial charge in [-0.25, -0.2) is 9.67 Å². The van der Waals surface area contributed by atoms with E-state index in [1.165, 1.54) is 6.07 Å². The van der Waals surface area contributed by atoms with Crippen molar-refractivity contribution in [1.29, 1.82) is 0 Å². The fourth-order valence-electron chi connectivity index (χ4n) is 2.17. The summed E-state index contributed by atoms with van der Waals surface area (Å²) in [7, 11) is 0. The van der Waals surface area contributed by atoms with E-state index in [1.807, 2.05) is 0 Å². The van der Waals surface area contributed by atoms with Crippen molar-refractivity contribution < 1.29 is 18.0 Å². The highest BCUT2D eigenvalue weighted by atomic mass is 35.5. The van der Waals surface area contributed by atoms with Gasteiger partial charge in [-0.2, -0.15) is 18.3 Å². The summed E-state index contributed by atoms with van der Waals surface area (Å²) in [5, 5.41) is 9.11. The van der Waals surface area contributed by atoms with Crippen molar-refractivity contribution in [3.05, 3.63) is 39.8 Å². The lowest BCUT2D eigenvalue weighted by Crippen LogP contribution is -2.57. The highest BCUT2D eigenvalue weighted by Gasteiger charge is 2.41. The van der Waals surface area contributed by atoms with Crippen LogP contribution < -0.4 is 10.6 Å². The molecule has 12 heteroatoms. The average molecular weight is 417 g/mol. The molecule has 6 nitrogen and oxygen atoms in total. The minimum atomic E-state index is -4.83. The van der Waals surface area contributed by atoms with Crippen molar-refractivity contribution in [3.8, 4) is 5.82 Å². The molecule has 0 bridgehead atoms. The van der Waals surface area contributed by atoms with Crippen molar-refractivity contribution in [2.24, 2.45) is 0 Å². The van der Waals surface area contributed by atoms with Crippen LogP contribution in [-0.4, -0.2) is 39.8 Å². The van der Waals surface area contributed by atoms with Crippen molar-refractivity contribution in [3.63, 3.8) is 0 Å². The van der Waals surface area contributed by atoms with Gasteiger partial charge in [0.25, 0.3) is 5.91 Å². The first-order valence-corrected chi connectivity index (χ1v) is 7.51. The molecule has 0 unspecified atom stereocenters. The summed E-state index contributed by atoms with van der Waals surface area (Å²) in [6.45, 7) is 1.01. The van der Waals surface area contributed by atoms with E-state index in [4.69, 9.17) is 23.2 Å². The molecule has 0 aliphatic carbocycles. The number of alkyl halides is 3. The maximum atomic E-state index is 13.5. The number of hydrogen-bond donors (Lipinski definition) is 2. The zero-order valence-corrected chi connectivity index (χ0v) is 14.6. The third kappa shape index (κ3) is 4.00. The fraction of sp³-hybridized carbons (Fsp3) is 0.308. The number of amides is 1. The molecule has 0 radical (unpaired) electrons. The Balaban J connectivity index is 0.00000225. The molecule has 25 heavy (non-hydrogen) atoms. The van der Waals surface area contributed by atoms with Gasteiger partial charge in [0.05, 0.1) is 27.8 Å². The summed E-state index contributed by atoms with van der Waals surface area (Å²) in [4.78, 5) is 15.9. The number of pyridine rings is 1. The van der Waals surface area contributed by atoms with Crippen LogP contribution in [0.4, 0.5) is 13.2 Å². The van der Waals surface area contributed by atoms with Crippen LogP contribution in [0.2, 0.25) is 10.0 Å². The Morgan fingerprint density at radius 1 is 1.32 bits per heavy atom. The maximum absolute atomic E-state index is 13.5. The lowest BCUT2D eigenvalue weighted by atomic mass is 10.1. The lowest BCUT2D eigenvalue weighted by molar-refractivity contribution is -0.143. The standard InChI is InChI=1S/C13H10Cl2F3N5O.ClH/c14-6-1-9(15)11(20-2-6)23-10(13(16,17)18)8(5-21-23)12(24)22-7-3-19-4-7;/h1-2,5,7,19H,3-4H2,(H,22,24);1H. The van der Waals surface area contributed by atoms with Crippen LogP contribution in [0, 0.1) is 0 Å². The number of rotatable bonds is 3. The van der Waals surface area contributed by atoms with Crippen molar-refractivity contribution in [1.82, 2.24) is 25.4 Å². The van der Waals surface area contributed by atoms with E-state index in [1.54, 1.807) is 0 Å². The normalized spacial score (nSPS) is 14.6. The van der Waals surface area contributed by atoms with E-state index in [2.05, 4.69) is 20.7 Å². The Labute approximate surface area is 156 Å². The molecule has 1 saturated heterocycles. The molecular formula is C13H11Cl3F3N5O. The van der Waals surface area contributed by atoms with Crippen molar-refractivity contribution in [2.75, 3.05) is 13.1 Å². The summed E-state index contributed by atoms with van der Waals surface area (Å²) in [6, 6.07) is 1.03. The predicted octanol–water partition coefficient (Wildman–Crippen LogP) is 2.72. The molecule has 3 rings (SSSR count). The predicted molar refractivity (Wildman–Crippen MR) is 87.8 cm³/mol. The molecule has 136 valence electrons. The molecule has 0 atom stereocenters. The quantitative estimate of drug-likeness (QED) is 0.807. The molecule has 2 aromatic heterocycles. The van der Waals surface area contributed by atoms with E-state index in [9.17, 15) is 18.0 Å². The molecule has 0 aromatic carbocycles. The highest BCUT2D eigenvalue weighted by molar-refractivity contribution is 6.35. The van der Waals surface area contributed by atoms with E-state index in [-0.39, 0.29) is 34.3 Å². The SMILES string of the molecule is Cl.O=C(NC1CNC1)c1cnn(-c2ncc(Cl)cc2Cl)c1C(F)(F)F. The topological polar surface area (TPSA) is 71.8 Å². The second kappa shape index (κ2) is 7.36. The van der Waals surface area contributed by atoms with Gasteiger partial charge in [-0.3, -0.25) is 4.79 Å². The third-order valence-corrected chi connectivity index (χ3v) is 3.87. The number of nitrogens with zero attached hydrogens (tertiary/aromatic N) is 3. The Hall–Kier alpha value is -1.55. The smallest absolute Gasteiger partial charge is 0.347 e. The molecule has 0 spiro atoms. The van der Waals surface area contributed by atoms with Gasteiger partial charge in [-0.1, -0.05) is 23.2 Å². The van der Waals surface area contributed by atoms with Crippen LogP contribution in [0.15, 0.2) is 18.5 Å². The largest absolute Gasteiger partial charge is 0.434 e. The molecule has 1 aliphatic rings. The number of carbonyl (C=O) groups excluding carboxylic acids is 1. The number of aromatic nitrogens is 3. The molecule has 2 N–H and O–H groups in total. The lowest BCUT2D eigenvalue weighted by Gasteiger charge is -2.27. The number of carbonyl (C=O) groups is 1. The van der Waals surface area contributed by atoms with Crippen molar-refractivity contribution in [2.45, 2.75) is 12.2 Å². The first-order valence-electron chi connectivity index (χ1n) is 6.75. The summed E-state index contributed by atoms with van der Waals surface area (Å²) >= 11 is 11.6. The molecule has 1 aliphatic heterocycles. The Bertz CT molecular complexity index is 792. The molecule has 1 fully saturated rings. The Morgan fingerprint density at radius 3 is 2.52 bits per heavy atom. The second-order valence-corrected chi connectivity index (χ2v) is 5.95. The Kier molecular flexibility index (Phi) is 5.82. The van der Waals surface area contributed by atoms with Crippen LogP contribution in [-0.2, 0) is 6.18 Å². The minimum Gasteiger partial charge on any atom is -0.347 e. The third-order valence-electron chi connectivity index (χ3n) is 3.39. The summed E-state index contributed by atoms with van der Waals surface area (Å²) in [5.74, 6) is -1.12. The van der Waals surface area contributed by atoms with Gasteiger partial charge >= 0.3 is 6.18 Å². The van der Waals surface area contributed by atoms with Crippen molar-refractivity contribution >= 4 is 41.5 Å². The van der Waals surface area contributed by atoms with Crippen LogP contribution in [0.25, 0.3) is 5.82 Å². The zero-order valence-electron chi connectivity index (χ0n) is 12.3. The fourth-order valence-corrected chi connectivity index (χ4v) is 2.63. The number of hydrogen-bond acceptors (Lipinski definition) is 4. The van der Waals surface area contributed by atoms with Gasteiger partial charge in [0.15, 0.2) is 11.5 Å². The number of halogens is 6. The Morgan fingerprint density at radius 2 is 2.00 bits per heavy atom. The van der Waals surface area contributed by atoms with Gasteiger partial charge in [-0.05, 0) is 6.07 Å². The maximum Gasteiger partial charge on any atom is 0.434 e. The first-order chi connectivity index (χ1) is 11.3. The summed E-state index contributed by atoms with van der Waals surface area (Å²) < 4.78 is 40.9. The van der Waals surface area contributed by atoms with Gasteiger partial charge < -0.3 is 10.6 Å². The molecule has 3 heterocycles. The highest BCUT2D eigenvalue weighted by Crippen LogP contribution is 2.35. The second-order valence-electron chi connectivity index (χ2n) is 5.10.